The van der Waals surface area contributed by atoms with Crippen LogP contribution in [0.4, 0.5) is 0 Å². The normalized spacial score (nSPS) is 13.1. The number of hydrogen-bond acceptors (Lipinski definition) is 7. The zero-order chi connectivity index (χ0) is 24.3. The molecule has 0 aliphatic rings. The number of aliphatic carboxylic acids is 2. The van der Waals surface area contributed by atoms with Crippen LogP contribution in [0.15, 0.2) is 30.3 Å². The van der Waals surface area contributed by atoms with Crippen LogP contribution in [0.5, 0.6) is 0 Å². The van der Waals surface area contributed by atoms with E-state index in [9.17, 15) is 28.8 Å². The molecule has 4 amide bonds. The Morgan fingerprint density at radius 2 is 1.53 bits per heavy atom. The molecule has 0 fully saturated rings. The summed E-state index contributed by atoms with van der Waals surface area (Å²) < 4.78 is 0. The molecule has 1 rings (SSSR count). The van der Waals surface area contributed by atoms with Crippen LogP contribution >= 0.6 is 0 Å². The highest BCUT2D eigenvalue weighted by atomic mass is 16.4. The molecular weight excluding hydrogens is 426 g/mol. The molecule has 1 aromatic rings. The summed E-state index contributed by atoms with van der Waals surface area (Å²) in [5, 5.41) is 26.1. The van der Waals surface area contributed by atoms with Crippen molar-refractivity contribution in [3.63, 3.8) is 0 Å². The fourth-order valence-electron chi connectivity index (χ4n) is 2.40. The molecule has 174 valence electrons. The number of rotatable bonds is 11. The van der Waals surface area contributed by atoms with Crippen LogP contribution in [0.1, 0.15) is 12.5 Å². The standard InChI is InChI=1S/C19H25N5O8/c1-10(23-16(28)12(20)8-21-18(30)19(31)32)15(27)24-13(17(29)22-9-14(25)26)7-11-5-3-2-4-6-11/h2-6,10,12-13H,7-9,20H2,1H3,(H,21,30)(H,22,29)(H,23,28)(H,24,27)(H,25,26)(H,31,32)/t10-,12-,13-/m0/s1. The maximum atomic E-state index is 12.5. The molecule has 0 spiro atoms. The molecule has 0 saturated carbocycles. The van der Waals surface area contributed by atoms with E-state index >= 15 is 0 Å². The van der Waals surface area contributed by atoms with Crippen molar-refractivity contribution in [2.24, 2.45) is 5.73 Å². The summed E-state index contributed by atoms with van der Waals surface area (Å²) in [6.45, 7) is 0.216. The van der Waals surface area contributed by atoms with Gasteiger partial charge in [0, 0.05) is 13.0 Å². The third-order valence-corrected chi connectivity index (χ3v) is 4.10. The highest BCUT2D eigenvalue weighted by Gasteiger charge is 2.26. The molecule has 13 heteroatoms. The number of benzene rings is 1. The van der Waals surface area contributed by atoms with Gasteiger partial charge in [-0.2, -0.15) is 0 Å². The first-order chi connectivity index (χ1) is 15.0. The topological polar surface area (TPSA) is 217 Å². The summed E-state index contributed by atoms with van der Waals surface area (Å²) in [7, 11) is 0. The molecule has 0 heterocycles. The van der Waals surface area contributed by atoms with Crippen LogP contribution in [0.2, 0.25) is 0 Å². The van der Waals surface area contributed by atoms with Gasteiger partial charge < -0.3 is 37.2 Å². The Balaban J connectivity index is 2.72. The molecule has 32 heavy (non-hydrogen) atoms. The van der Waals surface area contributed by atoms with Gasteiger partial charge in [0.05, 0.1) is 0 Å². The van der Waals surface area contributed by atoms with Gasteiger partial charge in [-0.15, -0.1) is 0 Å². The van der Waals surface area contributed by atoms with Crippen LogP contribution in [-0.4, -0.2) is 77.0 Å². The van der Waals surface area contributed by atoms with Crippen molar-refractivity contribution < 1.29 is 39.0 Å². The van der Waals surface area contributed by atoms with Gasteiger partial charge in [-0.3, -0.25) is 24.0 Å². The summed E-state index contributed by atoms with van der Waals surface area (Å²) >= 11 is 0. The molecular formula is C19H25N5O8. The highest BCUT2D eigenvalue weighted by Crippen LogP contribution is 2.04. The van der Waals surface area contributed by atoms with E-state index in [1.54, 1.807) is 30.3 Å². The Bertz CT molecular complexity index is 861. The zero-order valence-corrected chi connectivity index (χ0v) is 17.2. The van der Waals surface area contributed by atoms with Crippen molar-refractivity contribution in [1.29, 1.82) is 0 Å². The largest absolute Gasteiger partial charge is 0.480 e. The Labute approximate surface area is 182 Å². The molecule has 0 aliphatic carbocycles. The maximum Gasteiger partial charge on any atom is 0.394 e. The Morgan fingerprint density at radius 1 is 0.906 bits per heavy atom. The summed E-state index contributed by atoms with van der Waals surface area (Å²) in [5.74, 6) is -6.64. The van der Waals surface area contributed by atoms with Gasteiger partial charge in [0.15, 0.2) is 0 Å². The quantitative estimate of drug-likeness (QED) is 0.170. The van der Waals surface area contributed by atoms with Gasteiger partial charge in [-0.05, 0) is 12.5 Å². The van der Waals surface area contributed by atoms with Gasteiger partial charge in [0.1, 0.15) is 24.7 Å². The van der Waals surface area contributed by atoms with E-state index in [4.69, 9.17) is 15.9 Å². The fourth-order valence-corrected chi connectivity index (χ4v) is 2.40. The van der Waals surface area contributed by atoms with Gasteiger partial charge in [-0.25, -0.2) is 4.79 Å². The smallest absolute Gasteiger partial charge is 0.394 e. The van der Waals surface area contributed by atoms with E-state index in [1.807, 2.05) is 5.32 Å². The van der Waals surface area contributed by atoms with Crippen molar-refractivity contribution >= 4 is 35.6 Å². The lowest BCUT2D eigenvalue weighted by Gasteiger charge is -2.22. The molecule has 0 saturated heterocycles. The summed E-state index contributed by atoms with van der Waals surface area (Å²) in [6, 6.07) is 5.08. The number of nitrogens with two attached hydrogens (primary N) is 1. The van der Waals surface area contributed by atoms with E-state index in [0.29, 0.717) is 5.56 Å². The van der Waals surface area contributed by atoms with Gasteiger partial charge >= 0.3 is 17.8 Å². The average Bonchev–Trinajstić information content (AvgIpc) is 2.75. The fraction of sp³-hybridized carbons (Fsp3) is 0.368. The second-order valence-corrected chi connectivity index (χ2v) is 6.71. The Kier molecular flexibility index (Phi) is 10.3. The second kappa shape index (κ2) is 12.6. The van der Waals surface area contributed by atoms with E-state index in [-0.39, 0.29) is 6.42 Å². The highest BCUT2D eigenvalue weighted by molar-refractivity contribution is 6.31. The first-order valence-electron chi connectivity index (χ1n) is 9.42. The first kappa shape index (κ1) is 26.0. The second-order valence-electron chi connectivity index (χ2n) is 6.71. The van der Waals surface area contributed by atoms with Gasteiger partial charge in [0.2, 0.25) is 17.7 Å². The van der Waals surface area contributed by atoms with Crippen LogP contribution in [0, 0.1) is 0 Å². The molecule has 0 bridgehead atoms. The third-order valence-electron chi connectivity index (χ3n) is 4.10. The summed E-state index contributed by atoms with van der Waals surface area (Å²) in [6.07, 6.45) is 0.0689. The lowest BCUT2D eigenvalue weighted by molar-refractivity contribution is -0.150. The number of carbonyl (C=O) groups is 6. The maximum absolute atomic E-state index is 12.5. The SMILES string of the molecule is C[C@H](NC(=O)[C@@H](N)CNC(=O)C(=O)O)C(=O)N[C@@H](Cc1ccccc1)C(=O)NCC(=O)O. The number of amides is 4. The minimum Gasteiger partial charge on any atom is -0.480 e. The molecule has 13 nitrogen and oxygen atoms in total. The number of carbonyl (C=O) groups excluding carboxylic acids is 4. The number of hydrogen-bond donors (Lipinski definition) is 7. The van der Waals surface area contributed by atoms with E-state index in [2.05, 4.69) is 16.0 Å². The molecule has 0 aromatic heterocycles. The molecule has 3 atom stereocenters. The lowest BCUT2D eigenvalue weighted by atomic mass is 10.0. The monoisotopic (exact) mass is 451 g/mol. The van der Waals surface area contributed by atoms with Crippen molar-refractivity contribution in [1.82, 2.24) is 21.3 Å². The minimum atomic E-state index is -1.74. The molecule has 0 aliphatic heterocycles. The zero-order valence-electron chi connectivity index (χ0n) is 17.2. The van der Waals surface area contributed by atoms with E-state index < -0.39 is 66.8 Å². The van der Waals surface area contributed by atoms with Crippen LogP contribution in [0.3, 0.4) is 0 Å². The Morgan fingerprint density at radius 3 is 2.09 bits per heavy atom. The minimum absolute atomic E-state index is 0.0689. The lowest BCUT2D eigenvalue weighted by Crippen LogP contribution is -2.57. The van der Waals surface area contributed by atoms with Crippen molar-refractivity contribution in [2.45, 2.75) is 31.5 Å². The molecule has 1 aromatic carbocycles. The predicted molar refractivity (Wildman–Crippen MR) is 109 cm³/mol. The molecule has 8 N–H and O–H groups in total. The number of carboxylic acid groups (broad SMARTS) is 2. The predicted octanol–water partition coefficient (Wildman–Crippen LogP) is -3.05. The number of carboxylic acids is 2. The number of nitrogens with one attached hydrogen (secondary N) is 4. The Hall–Kier alpha value is -4.00. The first-order valence-corrected chi connectivity index (χ1v) is 9.42. The van der Waals surface area contributed by atoms with Gasteiger partial charge in [0.25, 0.3) is 0 Å². The van der Waals surface area contributed by atoms with E-state index in [0.717, 1.165) is 0 Å². The van der Waals surface area contributed by atoms with Crippen molar-refractivity contribution in [3.05, 3.63) is 35.9 Å². The summed E-state index contributed by atoms with van der Waals surface area (Å²) in [5.41, 5.74) is 6.27. The van der Waals surface area contributed by atoms with Crippen LogP contribution in [-0.2, 0) is 35.2 Å². The third kappa shape index (κ3) is 9.21. The van der Waals surface area contributed by atoms with Crippen LogP contribution in [0.25, 0.3) is 0 Å². The summed E-state index contributed by atoms with van der Waals surface area (Å²) in [4.78, 5) is 69.1. The molecule has 0 unspecified atom stereocenters. The van der Waals surface area contributed by atoms with Crippen molar-refractivity contribution in [3.8, 4) is 0 Å². The van der Waals surface area contributed by atoms with Crippen LogP contribution < -0.4 is 27.0 Å². The van der Waals surface area contributed by atoms with Crippen molar-refractivity contribution in [2.75, 3.05) is 13.1 Å². The van der Waals surface area contributed by atoms with E-state index in [1.165, 1.54) is 6.92 Å². The van der Waals surface area contributed by atoms with Gasteiger partial charge in [-0.1, -0.05) is 30.3 Å². The molecule has 0 radical (unpaired) electrons. The average molecular weight is 451 g/mol.